The van der Waals surface area contributed by atoms with Gasteiger partial charge in [-0.25, -0.2) is 0 Å². The predicted molar refractivity (Wildman–Crippen MR) is 74.5 cm³/mol. The van der Waals surface area contributed by atoms with Crippen molar-refractivity contribution in [3.63, 3.8) is 0 Å². The molecular weight excluding hydrogens is 240 g/mol. The molecule has 1 aliphatic rings. The van der Waals surface area contributed by atoms with Crippen LogP contribution in [0.1, 0.15) is 32.3 Å². The van der Waals surface area contributed by atoms with Gasteiger partial charge in [-0.3, -0.25) is 9.48 Å². The molecule has 5 heteroatoms. The van der Waals surface area contributed by atoms with Crippen molar-refractivity contribution < 1.29 is 4.79 Å². The summed E-state index contributed by atoms with van der Waals surface area (Å²) in [6.45, 7) is 6.55. The fourth-order valence-electron chi connectivity index (χ4n) is 2.49. The molecule has 5 nitrogen and oxygen atoms in total. The van der Waals surface area contributed by atoms with Crippen LogP contribution >= 0.6 is 0 Å². The topological polar surface area (TPSA) is 50.2 Å². The number of piperidine rings is 1. The quantitative estimate of drug-likeness (QED) is 0.887. The van der Waals surface area contributed by atoms with Crippen LogP contribution in [0, 0.1) is 5.92 Å². The van der Waals surface area contributed by atoms with Crippen molar-refractivity contribution in [1.29, 1.82) is 0 Å². The molecule has 1 saturated heterocycles. The number of hydrogen-bond donors (Lipinski definition) is 1. The van der Waals surface area contributed by atoms with Gasteiger partial charge in [-0.15, -0.1) is 0 Å². The Labute approximate surface area is 115 Å². The minimum absolute atomic E-state index is 0.111. The number of hydrogen-bond acceptors (Lipinski definition) is 3. The van der Waals surface area contributed by atoms with Crippen LogP contribution in [0.15, 0.2) is 12.4 Å². The Kier molecular flexibility index (Phi) is 4.58. The Morgan fingerprint density at radius 3 is 2.68 bits per heavy atom. The van der Waals surface area contributed by atoms with Gasteiger partial charge in [-0.1, -0.05) is 13.8 Å². The summed E-state index contributed by atoms with van der Waals surface area (Å²) in [7, 11) is 1.93. The van der Waals surface area contributed by atoms with Crippen molar-refractivity contribution in [3.8, 4) is 0 Å². The van der Waals surface area contributed by atoms with Gasteiger partial charge < -0.3 is 10.2 Å². The lowest BCUT2D eigenvalue weighted by molar-refractivity contribution is -0.135. The summed E-state index contributed by atoms with van der Waals surface area (Å²) in [6.07, 6.45) is 6.01. The number of nitrogens with one attached hydrogen (secondary N) is 1. The Morgan fingerprint density at radius 1 is 1.47 bits per heavy atom. The van der Waals surface area contributed by atoms with E-state index in [2.05, 4.69) is 10.4 Å². The van der Waals surface area contributed by atoms with Crippen LogP contribution in [0.25, 0.3) is 0 Å². The number of carbonyl (C=O) groups excluding carboxylic acids is 1. The second kappa shape index (κ2) is 6.19. The molecule has 0 aliphatic carbocycles. The molecule has 0 saturated carbocycles. The molecule has 0 bridgehead atoms. The number of amides is 1. The Hall–Kier alpha value is -1.36. The fraction of sp³-hybridized carbons (Fsp3) is 0.714. The molecule has 1 aliphatic heterocycles. The second-order valence-electron chi connectivity index (χ2n) is 5.66. The largest absolute Gasteiger partial charge is 0.342 e. The number of rotatable bonds is 4. The molecule has 1 N–H and O–H groups in total. The van der Waals surface area contributed by atoms with Crippen LogP contribution in [-0.2, 0) is 18.4 Å². The van der Waals surface area contributed by atoms with Crippen molar-refractivity contribution in [1.82, 2.24) is 20.0 Å². The lowest BCUT2D eigenvalue weighted by Crippen LogP contribution is -2.45. The molecule has 1 aromatic heterocycles. The number of likely N-dealkylation sites (tertiary alicyclic amines) is 1. The molecule has 2 heterocycles. The summed E-state index contributed by atoms with van der Waals surface area (Å²) < 4.78 is 1.82. The van der Waals surface area contributed by atoms with Gasteiger partial charge in [0.15, 0.2) is 0 Å². The molecule has 1 amide bonds. The van der Waals surface area contributed by atoms with Crippen molar-refractivity contribution in [2.45, 2.75) is 39.3 Å². The molecule has 0 aromatic carbocycles. The van der Waals surface area contributed by atoms with Crippen molar-refractivity contribution >= 4 is 5.91 Å². The Balaban J connectivity index is 1.73. The maximum absolute atomic E-state index is 11.9. The summed E-state index contributed by atoms with van der Waals surface area (Å²) in [4.78, 5) is 13.9. The van der Waals surface area contributed by atoms with E-state index in [9.17, 15) is 4.79 Å². The average molecular weight is 264 g/mol. The molecule has 0 unspecified atom stereocenters. The number of aromatic nitrogens is 2. The van der Waals surface area contributed by atoms with E-state index in [-0.39, 0.29) is 11.8 Å². The molecule has 19 heavy (non-hydrogen) atoms. The van der Waals surface area contributed by atoms with Gasteiger partial charge in [0, 0.05) is 50.4 Å². The van der Waals surface area contributed by atoms with Crippen LogP contribution in [0.3, 0.4) is 0 Å². The standard InChI is InChI=1S/C14H24N4O/c1-11(2)14(19)18-6-4-13(5-7-18)15-8-12-9-16-17(3)10-12/h9-11,13,15H,4-8H2,1-3H3. The van der Waals surface area contributed by atoms with E-state index in [1.54, 1.807) is 0 Å². The summed E-state index contributed by atoms with van der Waals surface area (Å²) in [5.74, 6) is 0.394. The minimum atomic E-state index is 0.111. The van der Waals surface area contributed by atoms with Crippen LogP contribution in [0.5, 0.6) is 0 Å². The minimum Gasteiger partial charge on any atom is -0.342 e. The smallest absolute Gasteiger partial charge is 0.225 e. The SMILES string of the molecule is CC(C)C(=O)N1CCC(NCc2cnn(C)c2)CC1. The van der Waals surface area contributed by atoms with E-state index in [1.807, 2.05) is 42.9 Å². The van der Waals surface area contributed by atoms with Crippen LogP contribution < -0.4 is 5.32 Å². The van der Waals surface area contributed by atoms with Crippen LogP contribution in [-0.4, -0.2) is 39.7 Å². The molecule has 2 rings (SSSR count). The zero-order chi connectivity index (χ0) is 13.8. The third kappa shape index (κ3) is 3.80. The maximum atomic E-state index is 11.9. The highest BCUT2D eigenvalue weighted by Gasteiger charge is 2.23. The summed E-state index contributed by atoms with van der Waals surface area (Å²) in [5, 5.41) is 7.71. The van der Waals surface area contributed by atoms with E-state index < -0.39 is 0 Å². The van der Waals surface area contributed by atoms with Gasteiger partial charge in [0.2, 0.25) is 5.91 Å². The third-order valence-electron chi connectivity index (χ3n) is 3.65. The molecular formula is C14H24N4O. The predicted octanol–water partition coefficient (Wildman–Crippen LogP) is 1.16. The lowest BCUT2D eigenvalue weighted by Gasteiger charge is -2.33. The zero-order valence-electron chi connectivity index (χ0n) is 12.1. The highest BCUT2D eigenvalue weighted by Crippen LogP contribution is 2.13. The first-order valence-electron chi connectivity index (χ1n) is 7.06. The highest BCUT2D eigenvalue weighted by atomic mass is 16.2. The first-order valence-corrected chi connectivity index (χ1v) is 7.06. The summed E-state index contributed by atoms with van der Waals surface area (Å²) >= 11 is 0. The molecule has 106 valence electrons. The van der Waals surface area contributed by atoms with Crippen LogP contribution in [0.4, 0.5) is 0 Å². The number of aryl methyl sites for hydroxylation is 1. The van der Waals surface area contributed by atoms with E-state index in [1.165, 1.54) is 5.56 Å². The molecule has 0 spiro atoms. The normalized spacial score (nSPS) is 17.2. The van der Waals surface area contributed by atoms with Gasteiger partial charge >= 0.3 is 0 Å². The lowest BCUT2D eigenvalue weighted by atomic mass is 10.0. The Bertz CT molecular complexity index is 419. The van der Waals surface area contributed by atoms with Crippen molar-refractivity contribution in [2.24, 2.45) is 13.0 Å². The van der Waals surface area contributed by atoms with Gasteiger partial charge in [0.25, 0.3) is 0 Å². The molecule has 1 fully saturated rings. The average Bonchev–Trinajstić information content (AvgIpc) is 2.82. The van der Waals surface area contributed by atoms with Crippen LogP contribution in [0.2, 0.25) is 0 Å². The van der Waals surface area contributed by atoms with E-state index in [0.717, 1.165) is 32.5 Å². The van der Waals surface area contributed by atoms with E-state index >= 15 is 0 Å². The van der Waals surface area contributed by atoms with Gasteiger partial charge in [-0.05, 0) is 12.8 Å². The molecule has 1 aromatic rings. The summed E-state index contributed by atoms with van der Waals surface area (Å²) in [5.41, 5.74) is 1.21. The fourth-order valence-corrected chi connectivity index (χ4v) is 2.49. The highest BCUT2D eigenvalue weighted by molar-refractivity contribution is 5.78. The second-order valence-corrected chi connectivity index (χ2v) is 5.66. The van der Waals surface area contributed by atoms with Crippen molar-refractivity contribution in [2.75, 3.05) is 13.1 Å². The van der Waals surface area contributed by atoms with Gasteiger partial charge in [0.1, 0.15) is 0 Å². The first-order chi connectivity index (χ1) is 9.06. The molecule has 0 atom stereocenters. The van der Waals surface area contributed by atoms with Crippen molar-refractivity contribution in [3.05, 3.63) is 18.0 Å². The number of nitrogens with zero attached hydrogens (tertiary/aromatic N) is 3. The third-order valence-corrected chi connectivity index (χ3v) is 3.65. The molecule has 0 radical (unpaired) electrons. The summed E-state index contributed by atoms with van der Waals surface area (Å²) in [6, 6.07) is 0.511. The number of carbonyl (C=O) groups is 1. The zero-order valence-corrected chi connectivity index (χ0v) is 12.1. The maximum Gasteiger partial charge on any atom is 0.225 e. The first kappa shape index (κ1) is 14.1. The van der Waals surface area contributed by atoms with E-state index in [0.29, 0.717) is 6.04 Å². The van der Waals surface area contributed by atoms with Gasteiger partial charge in [0.05, 0.1) is 6.20 Å². The van der Waals surface area contributed by atoms with E-state index in [4.69, 9.17) is 0 Å². The van der Waals surface area contributed by atoms with Gasteiger partial charge in [-0.2, -0.15) is 5.10 Å². The monoisotopic (exact) mass is 264 g/mol. The Morgan fingerprint density at radius 2 is 2.16 bits per heavy atom.